The number of hydrogen-bond acceptors (Lipinski definition) is 3. The number of aliphatic carboxylic acids is 1. The first-order valence-corrected chi connectivity index (χ1v) is 5.98. The lowest BCUT2D eigenvalue weighted by Crippen LogP contribution is -2.25. The minimum atomic E-state index is -5.08. The van der Waals surface area contributed by atoms with Gasteiger partial charge in [-0.3, -0.25) is 0 Å². The normalized spacial score (nSPS) is 17.8. The molecular formula is C7H12F3NO4S. The van der Waals surface area contributed by atoms with Gasteiger partial charge in [-0.2, -0.15) is 13.2 Å². The summed E-state index contributed by atoms with van der Waals surface area (Å²) in [5, 5.41) is 11.8. The van der Waals surface area contributed by atoms with E-state index in [9.17, 15) is 21.6 Å². The van der Waals surface area contributed by atoms with Crippen LogP contribution in [-0.2, 0) is 14.8 Å². The maximum Gasteiger partial charge on any atom is 0.490 e. The molecule has 0 bridgehead atoms. The molecule has 0 atom stereocenters. The fraction of sp³-hybridized carbons (Fsp3) is 0.857. The highest BCUT2D eigenvalue weighted by Crippen LogP contribution is 2.22. The van der Waals surface area contributed by atoms with Gasteiger partial charge in [-0.25, -0.2) is 18.4 Å². The minimum Gasteiger partial charge on any atom is -0.475 e. The maximum absolute atomic E-state index is 10.6. The quantitative estimate of drug-likeness (QED) is 0.732. The third kappa shape index (κ3) is 5.91. The largest absolute Gasteiger partial charge is 0.490 e. The van der Waals surface area contributed by atoms with Gasteiger partial charge in [-0.1, -0.05) is 12.8 Å². The van der Waals surface area contributed by atoms with Crippen molar-refractivity contribution < 1.29 is 31.5 Å². The lowest BCUT2D eigenvalue weighted by molar-refractivity contribution is -0.192. The number of carboxylic acids is 1. The van der Waals surface area contributed by atoms with Crippen molar-refractivity contribution >= 4 is 16.0 Å². The summed E-state index contributed by atoms with van der Waals surface area (Å²) in [6, 6.07) is 0. The summed E-state index contributed by atoms with van der Waals surface area (Å²) < 4.78 is 53.0. The van der Waals surface area contributed by atoms with Crippen LogP contribution in [0.15, 0.2) is 0 Å². The van der Waals surface area contributed by atoms with E-state index in [1.807, 2.05) is 0 Å². The van der Waals surface area contributed by atoms with Crippen molar-refractivity contribution in [2.45, 2.75) is 37.1 Å². The highest BCUT2D eigenvalue weighted by atomic mass is 32.2. The van der Waals surface area contributed by atoms with E-state index >= 15 is 0 Å². The summed E-state index contributed by atoms with van der Waals surface area (Å²) >= 11 is 0. The van der Waals surface area contributed by atoms with Crippen LogP contribution >= 0.6 is 0 Å². The van der Waals surface area contributed by atoms with E-state index in [1.54, 1.807) is 0 Å². The van der Waals surface area contributed by atoms with Gasteiger partial charge in [-0.05, 0) is 12.8 Å². The fourth-order valence-corrected chi connectivity index (χ4v) is 2.21. The molecule has 1 rings (SSSR count). The number of halogens is 3. The van der Waals surface area contributed by atoms with Crippen molar-refractivity contribution in [3.05, 3.63) is 0 Å². The average Bonchev–Trinajstić information content (AvgIpc) is 2.52. The predicted octanol–water partition coefficient (Wildman–Crippen LogP) is 0.851. The Morgan fingerprint density at radius 1 is 1.25 bits per heavy atom. The molecule has 0 radical (unpaired) electrons. The van der Waals surface area contributed by atoms with Crippen LogP contribution in [-0.4, -0.2) is 30.9 Å². The van der Waals surface area contributed by atoms with Gasteiger partial charge >= 0.3 is 12.1 Å². The Morgan fingerprint density at radius 2 is 1.56 bits per heavy atom. The standard InChI is InChI=1S/C5H11NO2S.C2HF3O2/c6-9(7,8)5-3-1-2-4-5;3-2(4,5)1(6)7/h5H,1-4H2,(H2,6,7,8);(H,6,7). The Hall–Kier alpha value is -0.830. The van der Waals surface area contributed by atoms with Gasteiger partial charge in [0.2, 0.25) is 10.0 Å². The molecule has 1 fully saturated rings. The summed E-state index contributed by atoms with van der Waals surface area (Å²) in [5.74, 6) is -2.76. The maximum atomic E-state index is 10.6. The van der Waals surface area contributed by atoms with Crippen LogP contribution in [0.5, 0.6) is 0 Å². The number of sulfonamides is 1. The summed E-state index contributed by atoms with van der Waals surface area (Å²) in [5.41, 5.74) is 0. The van der Waals surface area contributed by atoms with E-state index < -0.39 is 22.2 Å². The summed E-state index contributed by atoms with van der Waals surface area (Å²) in [6.07, 6.45) is -1.53. The molecule has 0 aliphatic heterocycles. The van der Waals surface area contributed by atoms with E-state index in [0.717, 1.165) is 25.7 Å². The van der Waals surface area contributed by atoms with E-state index in [2.05, 4.69) is 0 Å². The molecule has 1 aliphatic carbocycles. The zero-order chi connectivity index (χ0) is 13.0. The van der Waals surface area contributed by atoms with Gasteiger partial charge in [0.25, 0.3) is 0 Å². The fourth-order valence-electron chi connectivity index (χ4n) is 1.22. The van der Waals surface area contributed by atoms with Crippen molar-refractivity contribution in [1.29, 1.82) is 0 Å². The Balaban J connectivity index is 0.000000293. The van der Waals surface area contributed by atoms with Crippen LogP contribution in [0.1, 0.15) is 25.7 Å². The lowest BCUT2D eigenvalue weighted by Gasteiger charge is -2.02. The molecule has 0 heterocycles. The highest BCUT2D eigenvalue weighted by molar-refractivity contribution is 7.89. The van der Waals surface area contributed by atoms with Gasteiger partial charge in [0.1, 0.15) is 0 Å². The molecule has 1 aliphatic rings. The lowest BCUT2D eigenvalue weighted by atomic mass is 10.4. The molecule has 0 spiro atoms. The molecule has 16 heavy (non-hydrogen) atoms. The number of carboxylic acid groups (broad SMARTS) is 1. The average molecular weight is 263 g/mol. The molecule has 0 amide bonds. The molecule has 0 aromatic carbocycles. The van der Waals surface area contributed by atoms with Crippen LogP contribution in [0, 0.1) is 0 Å². The van der Waals surface area contributed by atoms with Crippen molar-refractivity contribution in [2.75, 3.05) is 0 Å². The van der Waals surface area contributed by atoms with Crippen molar-refractivity contribution in [1.82, 2.24) is 0 Å². The van der Waals surface area contributed by atoms with Gasteiger partial charge in [0.15, 0.2) is 0 Å². The molecule has 9 heteroatoms. The van der Waals surface area contributed by atoms with E-state index in [4.69, 9.17) is 15.0 Å². The molecule has 0 aromatic rings. The zero-order valence-corrected chi connectivity index (χ0v) is 9.01. The van der Waals surface area contributed by atoms with Gasteiger partial charge < -0.3 is 5.11 Å². The molecule has 0 saturated heterocycles. The van der Waals surface area contributed by atoms with Crippen LogP contribution in [0.3, 0.4) is 0 Å². The van der Waals surface area contributed by atoms with E-state index in [1.165, 1.54) is 0 Å². The Labute approximate surface area is 90.5 Å². The molecule has 96 valence electrons. The van der Waals surface area contributed by atoms with Gasteiger partial charge in [0.05, 0.1) is 5.25 Å². The van der Waals surface area contributed by atoms with Crippen LogP contribution in [0.25, 0.3) is 0 Å². The Morgan fingerprint density at radius 3 is 1.69 bits per heavy atom. The van der Waals surface area contributed by atoms with Crippen molar-refractivity contribution in [2.24, 2.45) is 5.14 Å². The van der Waals surface area contributed by atoms with Crippen LogP contribution in [0.2, 0.25) is 0 Å². The Kier molecular flexibility index (Phi) is 5.20. The SMILES string of the molecule is NS(=O)(=O)C1CCCC1.O=C(O)C(F)(F)F. The molecule has 1 saturated carbocycles. The van der Waals surface area contributed by atoms with E-state index in [-0.39, 0.29) is 5.25 Å². The number of rotatable bonds is 1. The molecule has 0 unspecified atom stereocenters. The minimum absolute atomic E-state index is 0.238. The molecule has 3 N–H and O–H groups in total. The summed E-state index contributed by atoms with van der Waals surface area (Å²) in [4.78, 5) is 8.90. The summed E-state index contributed by atoms with van der Waals surface area (Å²) in [6.45, 7) is 0. The number of hydrogen-bond donors (Lipinski definition) is 2. The van der Waals surface area contributed by atoms with E-state index in [0.29, 0.717) is 0 Å². The van der Waals surface area contributed by atoms with Gasteiger partial charge in [-0.15, -0.1) is 0 Å². The zero-order valence-electron chi connectivity index (χ0n) is 8.20. The van der Waals surface area contributed by atoms with Gasteiger partial charge in [0, 0.05) is 0 Å². The first kappa shape index (κ1) is 15.2. The van der Waals surface area contributed by atoms with Crippen molar-refractivity contribution in [3.63, 3.8) is 0 Å². The highest BCUT2D eigenvalue weighted by Gasteiger charge is 2.38. The molecular weight excluding hydrogens is 251 g/mol. The van der Waals surface area contributed by atoms with Crippen LogP contribution < -0.4 is 5.14 Å². The first-order valence-electron chi connectivity index (χ1n) is 4.37. The number of primary sulfonamides is 1. The second-order valence-electron chi connectivity index (χ2n) is 3.30. The Bertz CT molecular complexity index is 332. The monoisotopic (exact) mass is 263 g/mol. The smallest absolute Gasteiger partial charge is 0.475 e. The summed E-state index contributed by atoms with van der Waals surface area (Å²) in [7, 11) is -3.20. The van der Waals surface area contributed by atoms with Crippen LogP contribution in [0.4, 0.5) is 13.2 Å². The topological polar surface area (TPSA) is 97.5 Å². The second kappa shape index (κ2) is 5.48. The molecule has 0 aromatic heterocycles. The second-order valence-corrected chi connectivity index (χ2v) is 5.14. The first-order chi connectivity index (χ1) is 7.05. The predicted molar refractivity (Wildman–Crippen MR) is 49.1 cm³/mol. The number of nitrogens with two attached hydrogens (primary N) is 1. The third-order valence-electron chi connectivity index (χ3n) is 2.01. The number of carbonyl (C=O) groups is 1. The third-order valence-corrected chi connectivity index (χ3v) is 3.41. The van der Waals surface area contributed by atoms with Crippen molar-refractivity contribution in [3.8, 4) is 0 Å². The molecule has 5 nitrogen and oxygen atoms in total. The number of alkyl halides is 3.